The molecule has 0 unspecified atom stereocenters. The largest absolute Gasteiger partial charge is 0.322 e. The van der Waals surface area contributed by atoms with E-state index in [1.807, 2.05) is 74.5 Å². The van der Waals surface area contributed by atoms with E-state index in [1.54, 1.807) is 0 Å². The Hall–Kier alpha value is -1.66. The van der Waals surface area contributed by atoms with Gasteiger partial charge in [-0.05, 0) is 18.1 Å². The maximum absolute atomic E-state index is 13.8. The summed E-state index contributed by atoms with van der Waals surface area (Å²) in [4.78, 5) is 12.9. The Balaban J connectivity index is 2.09. The molecule has 0 bridgehead atoms. The number of carbonyl (C=O) groups is 1. The summed E-state index contributed by atoms with van der Waals surface area (Å²) in [6.07, 6.45) is 1.00. The molecule has 1 aliphatic heterocycles. The van der Waals surface area contributed by atoms with Gasteiger partial charge in [-0.3, -0.25) is 4.79 Å². The van der Waals surface area contributed by atoms with Crippen LogP contribution in [0.3, 0.4) is 0 Å². The SMILES string of the molecule is C[C@@H]1C[P@](=O)(Cc2ccccc2)[C@@](C)(c2ccccc2)C1=O. The van der Waals surface area contributed by atoms with Crippen LogP contribution in [0.2, 0.25) is 0 Å². The molecule has 2 aromatic carbocycles. The number of Topliss-reactive ketones (excluding diaryl/α,β-unsaturated/α-hetero) is 1. The summed E-state index contributed by atoms with van der Waals surface area (Å²) in [6, 6.07) is 19.5. The highest BCUT2D eigenvalue weighted by atomic mass is 31.2. The second kappa shape index (κ2) is 5.52. The van der Waals surface area contributed by atoms with Gasteiger partial charge in [0.2, 0.25) is 0 Å². The molecule has 1 fully saturated rings. The minimum absolute atomic E-state index is 0.123. The maximum atomic E-state index is 13.8. The highest BCUT2D eigenvalue weighted by molar-refractivity contribution is 7.66. The topological polar surface area (TPSA) is 34.1 Å². The van der Waals surface area contributed by atoms with Crippen LogP contribution in [0.25, 0.3) is 0 Å². The van der Waals surface area contributed by atoms with Gasteiger partial charge in [-0.15, -0.1) is 0 Å². The third-order valence-electron chi connectivity index (χ3n) is 4.93. The summed E-state index contributed by atoms with van der Waals surface area (Å²) in [5.41, 5.74) is 1.94. The van der Waals surface area contributed by atoms with Gasteiger partial charge < -0.3 is 4.57 Å². The minimum atomic E-state index is -2.70. The van der Waals surface area contributed by atoms with Crippen molar-refractivity contribution in [3.05, 3.63) is 71.8 Å². The molecular formula is C19H21O2P. The lowest BCUT2D eigenvalue weighted by atomic mass is 9.90. The number of hydrogen-bond donors (Lipinski definition) is 0. The monoisotopic (exact) mass is 312 g/mol. The predicted molar refractivity (Wildman–Crippen MR) is 90.6 cm³/mol. The summed E-state index contributed by atoms with van der Waals surface area (Å²) in [5.74, 6) is -0.0160. The van der Waals surface area contributed by atoms with E-state index in [-0.39, 0.29) is 11.7 Å². The molecular weight excluding hydrogens is 291 g/mol. The van der Waals surface area contributed by atoms with E-state index in [4.69, 9.17) is 0 Å². The van der Waals surface area contributed by atoms with Crippen molar-refractivity contribution >= 4 is 12.9 Å². The number of rotatable bonds is 3. The molecule has 2 aromatic rings. The van der Waals surface area contributed by atoms with Gasteiger partial charge in [0.05, 0.1) is 0 Å². The van der Waals surface area contributed by atoms with Gasteiger partial charge in [-0.2, -0.15) is 0 Å². The van der Waals surface area contributed by atoms with Crippen LogP contribution in [-0.2, 0) is 20.7 Å². The molecule has 0 aromatic heterocycles. The van der Waals surface area contributed by atoms with Crippen LogP contribution >= 0.6 is 7.14 Å². The van der Waals surface area contributed by atoms with Crippen molar-refractivity contribution in [2.24, 2.45) is 5.92 Å². The Morgan fingerprint density at radius 1 is 1.05 bits per heavy atom. The molecule has 3 atom stereocenters. The van der Waals surface area contributed by atoms with E-state index in [1.165, 1.54) is 0 Å². The normalized spacial score (nSPS) is 31.4. The summed E-state index contributed by atoms with van der Waals surface area (Å²) in [5, 5.41) is -0.858. The molecule has 0 spiro atoms. The summed E-state index contributed by atoms with van der Waals surface area (Å²) in [6.45, 7) is 3.80. The molecule has 114 valence electrons. The van der Waals surface area contributed by atoms with Crippen LogP contribution in [0.4, 0.5) is 0 Å². The average molecular weight is 312 g/mol. The zero-order valence-corrected chi connectivity index (χ0v) is 13.9. The van der Waals surface area contributed by atoms with Crippen LogP contribution in [0.1, 0.15) is 25.0 Å². The molecule has 22 heavy (non-hydrogen) atoms. The van der Waals surface area contributed by atoms with Crippen molar-refractivity contribution in [1.29, 1.82) is 0 Å². The first-order valence-corrected chi connectivity index (χ1v) is 9.77. The lowest BCUT2D eigenvalue weighted by Crippen LogP contribution is -2.29. The van der Waals surface area contributed by atoms with Crippen LogP contribution in [-0.4, -0.2) is 11.9 Å². The third-order valence-corrected chi connectivity index (χ3v) is 9.05. The fourth-order valence-electron chi connectivity index (χ4n) is 3.63. The Labute approximate surface area is 131 Å². The third kappa shape index (κ3) is 2.27. The van der Waals surface area contributed by atoms with Gasteiger partial charge in [0.25, 0.3) is 0 Å². The molecule has 1 saturated heterocycles. The second-order valence-electron chi connectivity index (χ2n) is 6.42. The van der Waals surface area contributed by atoms with E-state index < -0.39 is 12.3 Å². The zero-order chi connectivity index (χ0) is 15.8. The van der Waals surface area contributed by atoms with E-state index in [0.717, 1.165) is 11.1 Å². The second-order valence-corrected chi connectivity index (χ2v) is 9.77. The Morgan fingerprint density at radius 2 is 1.59 bits per heavy atom. The fourth-order valence-corrected chi connectivity index (χ4v) is 7.53. The highest BCUT2D eigenvalue weighted by Gasteiger charge is 2.58. The number of benzene rings is 2. The highest BCUT2D eigenvalue weighted by Crippen LogP contribution is 2.71. The first-order chi connectivity index (χ1) is 10.5. The molecule has 1 aliphatic rings. The Bertz CT molecular complexity index is 724. The van der Waals surface area contributed by atoms with Gasteiger partial charge in [-0.25, -0.2) is 0 Å². The molecule has 0 amide bonds. The van der Waals surface area contributed by atoms with Crippen molar-refractivity contribution in [3.63, 3.8) is 0 Å². The predicted octanol–water partition coefficient (Wildman–Crippen LogP) is 4.68. The Kier molecular flexibility index (Phi) is 3.82. The molecule has 1 heterocycles. The Morgan fingerprint density at radius 3 is 2.18 bits per heavy atom. The molecule has 0 saturated carbocycles. The number of ketones is 1. The standard InChI is InChI=1S/C19H21O2P/c1-15-13-22(21,14-16-9-5-3-6-10-16)19(2,18(15)20)17-11-7-4-8-12-17/h3-12,15H,13-14H2,1-2H3/t15-,19+,22+/m1/s1. The minimum Gasteiger partial charge on any atom is -0.322 e. The smallest absolute Gasteiger partial charge is 0.153 e. The summed E-state index contributed by atoms with van der Waals surface area (Å²) >= 11 is 0. The van der Waals surface area contributed by atoms with E-state index in [9.17, 15) is 9.36 Å². The molecule has 0 aliphatic carbocycles. The van der Waals surface area contributed by atoms with Crippen molar-refractivity contribution in [3.8, 4) is 0 Å². The van der Waals surface area contributed by atoms with Crippen molar-refractivity contribution in [2.75, 3.05) is 6.16 Å². The van der Waals surface area contributed by atoms with Gasteiger partial charge >= 0.3 is 0 Å². The van der Waals surface area contributed by atoms with Crippen molar-refractivity contribution in [2.45, 2.75) is 25.2 Å². The van der Waals surface area contributed by atoms with Gasteiger partial charge in [0, 0.05) is 18.2 Å². The molecule has 3 rings (SSSR count). The fraction of sp³-hybridized carbons (Fsp3) is 0.316. The molecule has 0 N–H and O–H groups in total. The summed E-state index contributed by atoms with van der Waals surface area (Å²) < 4.78 is 13.8. The van der Waals surface area contributed by atoms with Gasteiger partial charge in [0.1, 0.15) is 12.3 Å². The summed E-state index contributed by atoms with van der Waals surface area (Å²) in [7, 11) is -2.70. The first-order valence-electron chi connectivity index (χ1n) is 7.69. The quantitative estimate of drug-likeness (QED) is 0.771. The molecule has 3 heteroatoms. The van der Waals surface area contributed by atoms with Gasteiger partial charge in [-0.1, -0.05) is 67.6 Å². The molecule has 0 radical (unpaired) electrons. The van der Waals surface area contributed by atoms with Crippen LogP contribution < -0.4 is 0 Å². The van der Waals surface area contributed by atoms with Gasteiger partial charge in [0.15, 0.2) is 5.78 Å². The zero-order valence-electron chi connectivity index (χ0n) is 13.0. The molecule has 2 nitrogen and oxygen atoms in total. The number of hydrogen-bond acceptors (Lipinski definition) is 2. The van der Waals surface area contributed by atoms with E-state index >= 15 is 0 Å². The average Bonchev–Trinajstić information content (AvgIpc) is 2.70. The van der Waals surface area contributed by atoms with Crippen molar-refractivity contribution < 1.29 is 9.36 Å². The van der Waals surface area contributed by atoms with Crippen molar-refractivity contribution in [1.82, 2.24) is 0 Å². The van der Waals surface area contributed by atoms with E-state index in [2.05, 4.69) is 0 Å². The lowest BCUT2D eigenvalue weighted by Gasteiger charge is -2.31. The number of carbonyl (C=O) groups excluding carboxylic acids is 1. The maximum Gasteiger partial charge on any atom is 0.153 e. The lowest BCUT2D eigenvalue weighted by molar-refractivity contribution is -0.123. The van der Waals surface area contributed by atoms with Crippen LogP contribution in [0.15, 0.2) is 60.7 Å². The van der Waals surface area contributed by atoms with Crippen LogP contribution in [0, 0.1) is 5.92 Å². The van der Waals surface area contributed by atoms with E-state index in [0.29, 0.717) is 12.3 Å². The van der Waals surface area contributed by atoms with Crippen LogP contribution in [0.5, 0.6) is 0 Å². The first kappa shape index (κ1) is 15.2.